The zero-order chi connectivity index (χ0) is 20.7. The number of benzene rings is 1. The first-order chi connectivity index (χ1) is 13.3. The lowest BCUT2D eigenvalue weighted by Crippen LogP contribution is -2.30. The smallest absolute Gasteiger partial charge is 0.358 e. The summed E-state index contributed by atoms with van der Waals surface area (Å²) in [6, 6.07) is 6.36. The van der Waals surface area contributed by atoms with Gasteiger partial charge < -0.3 is 14.8 Å². The molecule has 1 N–H and O–H groups in total. The lowest BCUT2D eigenvalue weighted by atomic mass is 10.2. The molecule has 0 fully saturated rings. The Morgan fingerprint density at radius 1 is 1.25 bits per heavy atom. The van der Waals surface area contributed by atoms with Crippen molar-refractivity contribution in [3.63, 3.8) is 0 Å². The van der Waals surface area contributed by atoms with Crippen LogP contribution in [0.1, 0.15) is 21.1 Å². The zero-order valence-corrected chi connectivity index (χ0v) is 17.3. The zero-order valence-electron chi connectivity index (χ0n) is 15.7. The highest BCUT2D eigenvalue weighted by atomic mass is 32.2. The van der Waals surface area contributed by atoms with Gasteiger partial charge in [-0.05, 0) is 11.6 Å². The molecule has 11 heteroatoms. The number of carbonyl (C=O) groups excluding carboxylic acids is 2. The number of amides is 1. The number of methoxy groups -OCH3 is 1. The topological polar surface area (TPSA) is 115 Å². The number of hydrogen-bond acceptors (Lipinski definition) is 8. The Bertz CT molecular complexity index is 940. The summed E-state index contributed by atoms with van der Waals surface area (Å²) in [4.78, 5) is 28.0. The van der Waals surface area contributed by atoms with Crippen molar-refractivity contribution in [3.05, 3.63) is 45.9 Å². The molecule has 0 saturated heterocycles. The molecule has 0 spiro atoms. The van der Waals surface area contributed by atoms with E-state index < -0.39 is 28.5 Å². The monoisotopic (exact) mass is 427 g/mol. The molecule has 0 unspecified atom stereocenters. The molecule has 0 atom stereocenters. The molecule has 2 rings (SSSR count). The molecule has 1 aromatic heterocycles. The van der Waals surface area contributed by atoms with Gasteiger partial charge in [0.15, 0.2) is 12.3 Å². The van der Waals surface area contributed by atoms with E-state index in [4.69, 9.17) is 9.47 Å². The van der Waals surface area contributed by atoms with Crippen molar-refractivity contribution < 1.29 is 27.5 Å². The van der Waals surface area contributed by atoms with Crippen LogP contribution in [-0.4, -0.2) is 57.4 Å². The highest BCUT2D eigenvalue weighted by Gasteiger charge is 2.21. The molecule has 0 bridgehead atoms. The molecule has 9 nitrogen and oxygen atoms in total. The van der Waals surface area contributed by atoms with Gasteiger partial charge in [0.1, 0.15) is 5.01 Å². The van der Waals surface area contributed by atoms with Crippen LogP contribution in [0.15, 0.2) is 34.5 Å². The number of sulfonamides is 1. The molecule has 1 heterocycles. The Balaban J connectivity index is 1.92. The second kappa shape index (κ2) is 9.73. The van der Waals surface area contributed by atoms with Gasteiger partial charge in [-0.25, -0.2) is 22.5 Å². The minimum Gasteiger partial charge on any atom is -0.451 e. The third-order valence-electron chi connectivity index (χ3n) is 3.57. The number of hydrogen-bond donors (Lipinski definition) is 1. The van der Waals surface area contributed by atoms with Gasteiger partial charge in [0.05, 0.1) is 11.5 Å². The summed E-state index contributed by atoms with van der Waals surface area (Å²) in [5, 5.41) is 4.69. The van der Waals surface area contributed by atoms with Crippen LogP contribution in [0.5, 0.6) is 0 Å². The van der Waals surface area contributed by atoms with Gasteiger partial charge >= 0.3 is 5.97 Å². The van der Waals surface area contributed by atoms with E-state index in [-0.39, 0.29) is 23.7 Å². The molecule has 152 valence electrons. The lowest BCUT2D eigenvalue weighted by molar-refractivity contribution is -0.124. The Labute approximate surface area is 167 Å². The average Bonchev–Trinajstić information content (AvgIpc) is 3.13. The van der Waals surface area contributed by atoms with Crippen LogP contribution in [0.2, 0.25) is 0 Å². The second-order valence-electron chi connectivity index (χ2n) is 5.81. The molecule has 1 aromatic carbocycles. The SMILES string of the molecule is COCc1nc(C(=O)OCC(=O)NCc2ccccc2S(=O)(=O)N(C)C)cs1. The fourth-order valence-electron chi connectivity index (χ4n) is 2.14. The molecular weight excluding hydrogens is 406 g/mol. The van der Waals surface area contributed by atoms with E-state index in [9.17, 15) is 18.0 Å². The van der Waals surface area contributed by atoms with Crippen LogP contribution < -0.4 is 5.32 Å². The van der Waals surface area contributed by atoms with E-state index in [0.717, 1.165) is 4.31 Å². The van der Waals surface area contributed by atoms with Crippen LogP contribution >= 0.6 is 11.3 Å². The van der Waals surface area contributed by atoms with Crippen LogP contribution in [0.3, 0.4) is 0 Å². The Morgan fingerprint density at radius 2 is 1.96 bits per heavy atom. The van der Waals surface area contributed by atoms with Gasteiger partial charge in [-0.3, -0.25) is 4.79 Å². The summed E-state index contributed by atoms with van der Waals surface area (Å²) >= 11 is 1.25. The predicted octanol–water partition coefficient (Wildman–Crippen LogP) is 1.01. The predicted molar refractivity (Wildman–Crippen MR) is 102 cm³/mol. The minimum atomic E-state index is -3.64. The molecule has 0 saturated carbocycles. The van der Waals surface area contributed by atoms with Gasteiger partial charge in [0.25, 0.3) is 5.91 Å². The quantitative estimate of drug-likeness (QED) is 0.594. The maximum Gasteiger partial charge on any atom is 0.358 e. The largest absolute Gasteiger partial charge is 0.451 e. The van der Waals surface area contributed by atoms with Gasteiger partial charge in [-0.2, -0.15) is 0 Å². The fraction of sp³-hybridized carbons (Fsp3) is 0.353. The molecular formula is C17H21N3O6S2. The standard InChI is InChI=1S/C17H21N3O6S2/c1-20(2)28(23,24)14-7-5-4-6-12(14)8-18-15(21)9-26-17(22)13-11-27-16(19-13)10-25-3/h4-7,11H,8-10H2,1-3H3,(H,18,21). The number of carbonyl (C=O) groups is 2. The van der Waals surface area contributed by atoms with Crippen molar-refractivity contribution in [3.8, 4) is 0 Å². The Kier molecular flexibility index (Phi) is 7.63. The average molecular weight is 428 g/mol. The number of esters is 1. The third kappa shape index (κ3) is 5.58. The normalized spacial score (nSPS) is 11.4. The maximum atomic E-state index is 12.3. The van der Waals surface area contributed by atoms with Gasteiger partial charge in [-0.15, -0.1) is 11.3 Å². The Hall–Kier alpha value is -2.34. The van der Waals surface area contributed by atoms with E-state index >= 15 is 0 Å². The first-order valence-electron chi connectivity index (χ1n) is 8.13. The molecule has 0 radical (unpaired) electrons. The summed E-state index contributed by atoms with van der Waals surface area (Å²) < 4.78 is 35.7. The fourth-order valence-corrected chi connectivity index (χ4v) is 3.99. The summed E-state index contributed by atoms with van der Waals surface area (Å²) in [6.45, 7) is -0.236. The second-order valence-corrected chi connectivity index (χ2v) is 8.87. The van der Waals surface area contributed by atoms with Crippen LogP contribution in [0, 0.1) is 0 Å². The van der Waals surface area contributed by atoms with E-state index in [0.29, 0.717) is 10.6 Å². The number of rotatable bonds is 9. The minimum absolute atomic E-state index is 0.0195. The highest BCUT2D eigenvalue weighted by Crippen LogP contribution is 2.18. The van der Waals surface area contributed by atoms with Crippen molar-refractivity contribution in [2.45, 2.75) is 18.0 Å². The molecule has 2 aromatic rings. The van der Waals surface area contributed by atoms with E-state index in [1.807, 2.05) is 0 Å². The summed E-state index contributed by atoms with van der Waals surface area (Å²) in [5.74, 6) is -1.28. The van der Waals surface area contributed by atoms with Crippen LogP contribution in [0.25, 0.3) is 0 Å². The van der Waals surface area contributed by atoms with Crippen molar-refractivity contribution in [1.82, 2.24) is 14.6 Å². The van der Waals surface area contributed by atoms with E-state index in [1.54, 1.807) is 18.2 Å². The van der Waals surface area contributed by atoms with Crippen LogP contribution in [-0.2, 0) is 37.4 Å². The Morgan fingerprint density at radius 3 is 2.64 bits per heavy atom. The molecule has 0 aliphatic heterocycles. The molecule has 1 amide bonds. The number of ether oxygens (including phenoxy) is 2. The van der Waals surface area contributed by atoms with Gasteiger partial charge in [0.2, 0.25) is 10.0 Å². The van der Waals surface area contributed by atoms with E-state index in [2.05, 4.69) is 10.3 Å². The highest BCUT2D eigenvalue weighted by molar-refractivity contribution is 7.89. The number of nitrogens with one attached hydrogen (secondary N) is 1. The number of nitrogens with zero attached hydrogens (tertiary/aromatic N) is 2. The summed E-state index contributed by atoms with van der Waals surface area (Å²) in [5.41, 5.74) is 0.534. The third-order valence-corrected chi connectivity index (χ3v) is 6.31. The van der Waals surface area contributed by atoms with Crippen molar-refractivity contribution in [2.24, 2.45) is 0 Å². The number of aromatic nitrogens is 1. The van der Waals surface area contributed by atoms with Crippen LogP contribution in [0.4, 0.5) is 0 Å². The number of thiazole rings is 1. The first kappa shape index (κ1) is 22.0. The summed E-state index contributed by atoms with van der Waals surface area (Å²) in [6.07, 6.45) is 0. The maximum absolute atomic E-state index is 12.3. The molecule has 0 aliphatic carbocycles. The van der Waals surface area contributed by atoms with Gasteiger partial charge in [-0.1, -0.05) is 18.2 Å². The summed E-state index contributed by atoms with van der Waals surface area (Å²) in [7, 11) is 0.742. The first-order valence-corrected chi connectivity index (χ1v) is 10.4. The molecule has 0 aliphatic rings. The lowest BCUT2D eigenvalue weighted by Gasteiger charge is -2.15. The van der Waals surface area contributed by atoms with E-state index in [1.165, 1.54) is 44.0 Å². The van der Waals surface area contributed by atoms with Crippen molar-refractivity contribution in [1.29, 1.82) is 0 Å². The van der Waals surface area contributed by atoms with Crippen molar-refractivity contribution >= 4 is 33.2 Å². The van der Waals surface area contributed by atoms with Gasteiger partial charge in [0, 0.05) is 33.1 Å². The van der Waals surface area contributed by atoms with Crippen molar-refractivity contribution in [2.75, 3.05) is 27.8 Å². The molecule has 28 heavy (non-hydrogen) atoms.